The molecule has 20 heavy (non-hydrogen) atoms. The summed E-state index contributed by atoms with van der Waals surface area (Å²) in [5.41, 5.74) is 5.93. The molecular weight excluding hydrogens is 290 g/mol. The third-order valence-corrected chi connectivity index (χ3v) is 3.87. The molecule has 0 saturated carbocycles. The Kier molecular flexibility index (Phi) is 6.83. The standard InChI is InChI=1S/C12H18F2N2O3S/c13-12(14)20(17,18)11-4-2-10(3-5-11)16-7-1-8-19-9-6-15/h2-5,12,16H,1,6-9,15H2. The molecule has 0 aliphatic heterocycles. The fourth-order valence-electron chi connectivity index (χ4n) is 1.46. The second-order valence-corrected chi connectivity index (χ2v) is 5.93. The maximum Gasteiger partial charge on any atom is 0.341 e. The SMILES string of the molecule is NCCOCCCNc1ccc(S(=O)(=O)C(F)F)cc1. The Hall–Kier alpha value is -1.25. The number of halogens is 2. The Balaban J connectivity index is 2.44. The summed E-state index contributed by atoms with van der Waals surface area (Å²) in [4.78, 5) is -0.385. The molecule has 0 radical (unpaired) electrons. The fourth-order valence-corrected chi connectivity index (χ4v) is 2.18. The highest BCUT2D eigenvalue weighted by Crippen LogP contribution is 2.20. The first-order valence-electron chi connectivity index (χ1n) is 6.12. The van der Waals surface area contributed by atoms with Gasteiger partial charge in [-0.3, -0.25) is 0 Å². The molecule has 5 nitrogen and oxygen atoms in total. The topological polar surface area (TPSA) is 81.4 Å². The van der Waals surface area contributed by atoms with Crippen LogP contribution in [0, 0.1) is 0 Å². The van der Waals surface area contributed by atoms with Crippen molar-refractivity contribution >= 4 is 15.5 Å². The molecule has 3 N–H and O–H groups in total. The van der Waals surface area contributed by atoms with E-state index in [-0.39, 0.29) is 4.90 Å². The van der Waals surface area contributed by atoms with E-state index in [0.29, 0.717) is 32.0 Å². The highest BCUT2D eigenvalue weighted by Gasteiger charge is 2.26. The number of ether oxygens (including phenoxy) is 1. The van der Waals surface area contributed by atoms with Crippen LogP contribution in [0.25, 0.3) is 0 Å². The van der Waals surface area contributed by atoms with Gasteiger partial charge in [0.25, 0.3) is 0 Å². The van der Waals surface area contributed by atoms with Crippen LogP contribution in [0.4, 0.5) is 14.5 Å². The molecule has 0 saturated heterocycles. The van der Waals surface area contributed by atoms with Crippen molar-refractivity contribution in [1.29, 1.82) is 0 Å². The molecule has 0 heterocycles. The van der Waals surface area contributed by atoms with Gasteiger partial charge in [-0.2, -0.15) is 8.78 Å². The summed E-state index contributed by atoms with van der Waals surface area (Å²) in [7, 11) is -4.52. The molecule has 1 rings (SSSR count). The summed E-state index contributed by atoms with van der Waals surface area (Å²) >= 11 is 0. The summed E-state index contributed by atoms with van der Waals surface area (Å²) < 4.78 is 52.2. The number of anilines is 1. The van der Waals surface area contributed by atoms with E-state index in [1.807, 2.05) is 0 Å². The first-order valence-corrected chi connectivity index (χ1v) is 7.67. The van der Waals surface area contributed by atoms with E-state index in [1.165, 1.54) is 12.1 Å². The summed E-state index contributed by atoms with van der Waals surface area (Å²) in [5.74, 6) is -3.40. The molecular formula is C12H18F2N2O3S. The maximum absolute atomic E-state index is 12.3. The van der Waals surface area contributed by atoms with Crippen molar-refractivity contribution in [1.82, 2.24) is 0 Å². The van der Waals surface area contributed by atoms with Crippen LogP contribution in [0.2, 0.25) is 0 Å². The lowest BCUT2D eigenvalue weighted by Crippen LogP contribution is -2.12. The van der Waals surface area contributed by atoms with Crippen LogP contribution < -0.4 is 11.1 Å². The van der Waals surface area contributed by atoms with Gasteiger partial charge in [0.2, 0.25) is 9.84 Å². The van der Waals surface area contributed by atoms with E-state index >= 15 is 0 Å². The van der Waals surface area contributed by atoms with Crippen molar-refractivity contribution in [2.75, 3.05) is 31.6 Å². The smallest absolute Gasteiger partial charge is 0.341 e. The number of nitrogens with two attached hydrogens (primary N) is 1. The lowest BCUT2D eigenvalue weighted by Gasteiger charge is -2.08. The molecule has 0 aliphatic rings. The Morgan fingerprint density at radius 2 is 1.85 bits per heavy atom. The Morgan fingerprint density at radius 3 is 2.40 bits per heavy atom. The molecule has 0 spiro atoms. The molecule has 0 fully saturated rings. The summed E-state index contributed by atoms with van der Waals surface area (Å²) in [5, 5.41) is 3.04. The van der Waals surface area contributed by atoms with Crippen LogP contribution in [-0.2, 0) is 14.6 Å². The summed E-state index contributed by atoms with van der Waals surface area (Å²) in [6.45, 7) is 2.20. The van der Waals surface area contributed by atoms with Gasteiger partial charge in [-0.05, 0) is 30.7 Å². The predicted molar refractivity (Wildman–Crippen MR) is 72.6 cm³/mol. The van der Waals surface area contributed by atoms with Crippen LogP contribution in [0.15, 0.2) is 29.2 Å². The summed E-state index contributed by atoms with van der Waals surface area (Å²) in [6, 6.07) is 5.23. The van der Waals surface area contributed by atoms with E-state index < -0.39 is 15.6 Å². The van der Waals surface area contributed by atoms with Crippen molar-refractivity contribution in [2.45, 2.75) is 17.1 Å². The molecule has 0 unspecified atom stereocenters. The number of hydrogen-bond donors (Lipinski definition) is 2. The zero-order chi connectivity index (χ0) is 15.0. The lowest BCUT2D eigenvalue weighted by molar-refractivity contribution is 0.141. The zero-order valence-corrected chi connectivity index (χ0v) is 11.7. The van der Waals surface area contributed by atoms with E-state index in [1.54, 1.807) is 0 Å². The molecule has 8 heteroatoms. The van der Waals surface area contributed by atoms with Crippen LogP contribution >= 0.6 is 0 Å². The minimum absolute atomic E-state index is 0.385. The molecule has 114 valence electrons. The lowest BCUT2D eigenvalue weighted by atomic mass is 10.3. The van der Waals surface area contributed by atoms with Crippen LogP contribution in [0.1, 0.15) is 6.42 Å². The molecule has 1 aromatic rings. The molecule has 0 aliphatic carbocycles. The van der Waals surface area contributed by atoms with Crippen molar-refractivity contribution in [3.63, 3.8) is 0 Å². The van der Waals surface area contributed by atoms with Gasteiger partial charge in [0, 0.05) is 25.4 Å². The first-order chi connectivity index (χ1) is 9.48. The minimum Gasteiger partial charge on any atom is -0.385 e. The quantitative estimate of drug-likeness (QED) is 0.675. The number of rotatable bonds is 9. The van der Waals surface area contributed by atoms with Crippen molar-refractivity contribution < 1.29 is 21.9 Å². The van der Waals surface area contributed by atoms with Gasteiger partial charge >= 0.3 is 5.76 Å². The number of benzene rings is 1. The van der Waals surface area contributed by atoms with E-state index in [9.17, 15) is 17.2 Å². The van der Waals surface area contributed by atoms with Crippen LogP contribution in [0.5, 0.6) is 0 Å². The third kappa shape index (κ3) is 5.03. The molecule has 0 amide bonds. The summed E-state index contributed by atoms with van der Waals surface area (Å²) in [6.07, 6.45) is 0.761. The average Bonchev–Trinajstić information content (AvgIpc) is 2.43. The minimum atomic E-state index is -4.52. The Morgan fingerprint density at radius 1 is 1.20 bits per heavy atom. The van der Waals surface area contributed by atoms with E-state index in [0.717, 1.165) is 18.6 Å². The molecule has 1 aromatic carbocycles. The maximum atomic E-state index is 12.3. The molecule has 0 aromatic heterocycles. The van der Waals surface area contributed by atoms with Gasteiger partial charge in [0.1, 0.15) is 0 Å². The Bertz CT molecular complexity index is 492. The largest absolute Gasteiger partial charge is 0.385 e. The third-order valence-electron chi connectivity index (χ3n) is 2.47. The van der Waals surface area contributed by atoms with Gasteiger partial charge in [0.05, 0.1) is 11.5 Å². The fraction of sp³-hybridized carbons (Fsp3) is 0.500. The van der Waals surface area contributed by atoms with Gasteiger partial charge < -0.3 is 15.8 Å². The van der Waals surface area contributed by atoms with Gasteiger partial charge in [0.15, 0.2) is 0 Å². The van der Waals surface area contributed by atoms with Crippen LogP contribution in [-0.4, -0.2) is 40.5 Å². The second kappa shape index (κ2) is 8.13. The normalized spacial score (nSPS) is 11.8. The number of nitrogens with one attached hydrogen (secondary N) is 1. The highest BCUT2D eigenvalue weighted by atomic mass is 32.2. The van der Waals surface area contributed by atoms with Crippen LogP contribution in [0.3, 0.4) is 0 Å². The van der Waals surface area contributed by atoms with E-state index in [2.05, 4.69) is 5.32 Å². The van der Waals surface area contributed by atoms with Gasteiger partial charge in [-0.25, -0.2) is 8.42 Å². The molecule has 0 bridgehead atoms. The average molecular weight is 308 g/mol. The van der Waals surface area contributed by atoms with Gasteiger partial charge in [-0.15, -0.1) is 0 Å². The van der Waals surface area contributed by atoms with Crippen molar-refractivity contribution in [3.8, 4) is 0 Å². The zero-order valence-electron chi connectivity index (χ0n) is 10.9. The van der Waals surface area contributed by atoms with Crippen molar-refractivity contribution in [2.24, 2.45) is 5.73 Å². The van der Waals surface area contributed by atoms with E-state index in [4.69, 9.17) is 10.5 Å². The predicted octanol–water partition coefficient (Wildman–Crippen LogP) is 1.46. The number of sulfone groups is 1. The monoisotopic (exact) mass is 308 g/mol. The second-order valence-electron chi connectivity index (χ2n) is 4.01. The number of alkyl halides is 2. The molecule has 0 atom stereocenters. The number of hydrogen-bond acceptors (Lipinski definition) is 5. The first kappa shape index (κ1) is 16.8. The van der Waals surface area contributed by atoms with Gasteiger partial charge in [-0.1, -0.05) is 0 Å². The Labute approximate surface area is 117 Å². The highest BCUT2D eigenvalue weighted by molar-refractivity contribution is 7.91. The van der Waals surface area contributed by atoms with Crippen molar-refractivity contribution in [3.05, 3.63) is 24.3 Å².